The van der Waals surface area contributed by atoms with Gasteiger partial charge in [0, 0.05) is 36.5 Å². The molecule has 2 rings (SSSR count). The standard InChI is InChI=1S/C20H29N3O2/c1-5-7-15(2)19(24)21-17-11-9-16(10-12-17)20(25)23(4)18-8-6-13-22(3)14-18/h7,9-12,18H,5-6,8,13-14H2,1-4H3,(H,21,24). The number of likely N-dealkylation sites (tertiary alicyclic amines) is 1. The molecule has 0 radical (unpaired) electrons. The first-order chi connectivity index (χ1) is 11.9. The van der Waals surface area contributed by atoms with E-state index in [1.807, 2.05) is 24.9 Å². The van der Waals surface area contributed by atoms with Crippen molar-refractivity contribution in [1.29, 1.82) is 0 Å². The number of allylic oxidation sites excluding steroid dienone is 1. The van der Waals surface area contributed by atoms with Crippen LogP contribution in [0.4, 0.5) is 5.69 Å². The molecule has 1 saturated heterocycles. The van der Waals surface area contributed by atoms with Gasteiger partial charge in [0.2, 0.25) is 0 Å². The van der Waals surface area contributed by atoms with E-state index in [-0.39, 0.29) is 17.9 Å². The number of likely N-dealkylation sites (N-methyl/N-ethyl adjacent to an activating group) is 2. The number of hydrogen-bond donors (Lipinski definition) is 1. The van der Waals surface area contributed by atoms with Crippen molar-refractivity contribution in [2.45, 2.75) is 39.2 Å². The van der Waals surface area contributed by atoms with E-state index in [1.54, 1.807) is 31.2 Å². The number of anilines is 1. The third kappa shape index (κ3) is 5.16. The maximum atomic E-state index is 12.7. The lowest BCUT2D eigenvalue weighted by molar-refractivity contribution is -0.112. The Morgan fingerprint density at radius 2 is 2.00 bits per heavy atom. The lowest BCUT2D eigenvalue weighted by Gasteiger charge is -2.35. The Morgan fingerprint density at radius 1 is 1.32 bits per heavy atom. The summed E-state index contributed by atoms with van der Waals surface area (Å²) in [5, 5.41) is 2.85. The quantitative estimate of drug-likeness (QED) is 0.836. The molecule has 1 heterocycles. The normalized spacial score (nSPS) is 18.7. The maximum absolute atomic E-state index is 12.7. The first-order valence-electron chi connectivity index (χ1n) is 8.96. The zero-order valence-electron chi connectivity index (χ0n) is 15.7. The number of carbonyl (C=O) groups excluding carboxylic acids is 2. The van der Waals surface area contributed by atoms with Crippen LogP contribution in [0.5, 0.6) is 0 Å². The topological polar surface area (TPSA) is 52.7 Å². The third-order valence-electron chi connectivity index (χ3n) is 4.73. The van der Waals surface area contributed by atoms with Gasteiger partial charge in [0.25, 0.3) is 11.8 Å². The first-order valence-corrected chi connectivity index (χ1v) is 8.96. The van der Waals surface area contributed by atoms with Gasteiger partial charge in [-0.3, -0.25) is 9.59 Å². The summed E-state index contributed by atoms with van der Waals surface area (Å²) in [5.41, 5.74) is 2.05. The fourth-order valence-electron chi connectivity index (χ4n) is 3.15. The second-order valence-corrected chi connectivity index (χ2v) is 6.80. The number of carbonyl (C=O) groups is 2. The first kappa shape index (κ1) is 19.2. The Bertz CT molecular complexity index is 637. The Hall–Kier alpha value is -2.14. The van der Waals surface area contributed by atoms with Crippen LogP contribution in [0.1, 0.15) is 43.5 Å². The van der Waals surface area contributed by atoms with Crippen molar-refractivity contribution in [3.8, 4) is 0 Å². The fraction of sp³-hybridized carbons (Fsp3) is 0.500. The van der Waals surface area contributed by atoms with Gasteiger partial charge in [-0.2, -0.15) is 0 Å². The highest BCUT2D eigenvalue weighted by Gasteiger charge is 2.25. The second kappa shape index (κ2) is 8.81. The number of nitrogens with zero attached hydrogens (tertiary/aromatic N) is 2. The predicted molar refractivity (Wildman–Crippen MR) is 102 cm³/mol. The molecule has 1 unspecified atom stereocenters. The molecule has 136 valence electrons. The van der Waals surface area contributed by atoms with Crippen molar-refractivity contribution >= 4 is 17.5 Å². The van der Waals surface area contributed by atoms with Gasteiger partial charge in [-0.15, -0.1) is 0 Å². The highest BCUT2D eigenvalue weighted by molar-refractivity contribution is 6.03. The molecule has 1 atom stereocenters. The molecule has 0 aromatic heterocycles. The average Bonchev–Trinajstić information content (AvgIpc) is 2.61. The van der Waals surface area contributed by atoms with E-state index in [0.717, 1.165) is 32.4 Å². The van der Waals surface area contributed by atoms with Crippen LogP contribution in [-0.2, 0) is 4.79 Å². The monoisotopic (exact) mass is 343 g/mol. The van der Waals surface area contributed by atoms with Crippen molar-refractivity contribution in [2.75, 3.05) is 32.5 Å². The summed E-state index contributed by atoms with van der Waals surface area (Å²) in [6, 6.07) is 7.38. The molecule has 25 heavy (non-hydrogen) atoms. The van der Waals surface area contributed by atoms with E-state index >= 15 is 0 Å². The molecule has 1 aromatic carbocycles. The lowest BCUT2D eigenvalue weighted by Crippen LogP contribution is -2.47. The maximum Gasteiger partial charge on any atom is 0.253 e. The summed E-state index contributed by atoms with van der Waals surface area (Å²) in [7, 11) is 3.97. The summed E-state index contributed by atoms with van der Waals surface area (Å²) in [5.74, 6) is -0.0801. The Kier molecular flexibility index (Phi) is 6.76. The Morgan fingerprint density at radius 3 is 2.60 bits per heavy atom. The van der Waals surface area contributed by atoms with Gasteiger partial charge < -0.3 is 15.1 Å². The summed E-state index contributed by atoms with van der Waals surface area (Å²) in [6.45, 7) is 5.81. The fourth-order valence-corrected chi connectivity index (χ4v) is 3.15. The van der Waals surface area contributed by atoms with Crippen LogP contribution in [-0.4, -0.2) is 54.8 Å². The number of piperidine rings is 1. The van der Waals surface area contributed by atoms with Crippen LogP contribution in [0.15, 0.2) is 35.9 Å². The largest absolute Gasteiger partial charge is 0.337 e. The minimum Gasteiger partial charge on any atom is -0.337 e. The van der Waals surface area contributed by atoms with Crippen LogP contribution < -0.4 is 5.32 Å². The molecule has 5 nitrogen and oxygen atoms in total. The molecule has 1 fully saturated rings. The van der Waals surface area contributed by atoms with Gasteiger partial charge >= 0.3 is 0 Å². The zero-order chi connectivity index (χ0) is 18.4. The molecule has 0 spiro atoms. The van der Waals surface area contributed by atoms with Crippen molar-refractivity contribution in [1.82, 2.24) is 9.80 Å². The van der Waals surface area contributed by atoms with Crippen LogP contribution >= 0.6 is 0 Å². The van der Waals surface area contributed by atoms with Crippen LogP contribution in [0.2, 0.25) is 0 Å². The number of nitrogens with one attached hydrogen (secondary N) is 1. The molecule has 5 heteroatoms. The van der Waals surface area contributed by atoms with Gasteiger partial charge in [-0.1, -0.05) is 13.0 Å². The highest BCUT2D eigenvalue weighted by Crippen LogP contribution is 2.17. The van der Waals surface area contributed by atoms with Gasteiger partial charge in [-0.25, -0.2) is 0 Å². The molecular formula is C20H29N3O2. The van der Waals surface area contributed by atoms with Crippen molar-refractivity contribution in [3.05, 3.63) is 41.5 Å². The Balaban J connectivity index is 2.00. The van der Waals surface area contributed by atoms with E-state index in [1.165, 1.54) is 0 Å². The van der Waals surface area contributed by atoms with Crippen molar-refractivity contribution in [2.24, 2.45) is 0 Å². The highest BCUT2D eigenvalue weighted by atomic mass is 16.2. The summed E-state index contributed by atoms with van der Waals surface area (Å²) in [4.78, 5) is 28.8. The van der Waals surface area contributed by atoms with Crippen LogP contribution in [0.25, 0.3) is 0 Å². The zero-order valence-corrected chi connectivity index (χ0v) is 15.7. The minimum absolute atomic E-state index is 0.0280. The molecule has 0 saturated carbocycles. The van der Waals surface area contributed by atoms with Gasteiger partial charge in [-0.05, 0) is 64.0 Å². The predicted octanol–water partition coefficient (Wildman–Crippen LogP) is 3.15. The van der Waals surface area contributed by atoms with Gasteiger partial charge in [0.1, 0.15) is 0 Å². The van der Waals surface area contributed by atoms with Crippen molar-refractivity contribution < 1.29 is 9.59 Å². The molecule has 1 aliphatic rings. The van der Waals surface area contributed by atoms with Crippen LogP contribution in [0, 0.1) is 0 Å². The molecule has 0 aliphatic carbocycles. The van der Waals surface area contributed by atoms with Crippen LogP contribution in [0.3, 0.4) is 0 Å². The second-order valence-electron chi connectivity index (χ2n) is 6.80. The molecule has 1 aliphatic heterocycles. The molecular weight excluding hydrogens is 314 g/mol. The van der Waals surface area contributed by atoms with Gasteiger partial charge in [0.15, 0.2) is 0 Å². The number of amides is 2. The summed E-state index contributed by atoms with van der Waals surface area (Å²) < 4.78 is 0. The average molecular weight is 343 g/mol. The minimum atomic E-state index is -0.108. The van der Waals surface area contributed by atoms with E-state index < -0.39 is 0 Å². The summed E-state index contributed by atoms with van der Waals surface area (Å²) in [6.07, 6.45) is 4.89. The number of rotatable bonds is 5. The lowest BCUT2D eigenvalue weighted by atomic mass is 10.0. The van der Waals surface area contributed by atoms with E-state index in [0.29, 0.717) is 16.8 Å². The van der Waals surface area contributed by atoms with E-state index in [4.69, 9.17) is 0 Å². The smallest absolute Gasteiger partial charge is 0.253 e. The SMILES string of the molecule is CCC=C(C)C(=O)Nc1ccc(C(=O)N(C)C2CCCN(C)C2)cc1. The van der Waals surface area contributed by atoms with Crippen molar-refractivity contribution in [3.63, 3.8) is 0 Å². The molecule has 0 bridgehead atoms. The van der Waals surface area contributed by atoms with E-state index in [9.17, 15) is 9.59 Å². The Labute approximate surface area is 150 Å². The van der Waals surface area contributed by atoms with Gasteiger partial charge in [0.05, 0.1) is 0 Å². The summed E-state index contributed by atoms with van der Waals surface area (Å²) >= 11 is 0. The molecule has 2 amide bonds. The molecule has 1 aromatic rings. The number of hydrogen-bond acceptors (Lipinski definition) is 3. The number of benzene rings is 1. The van der Waals surface area contributed by atoms with E-state index in [2.05, 4.69) is 17.3 Å². The third-order valence-corrected chi connectivity index (χ3v) is 4.73. The molecule has 1 N–H and O–H groups in total.